The maximum Gasteiger partial charge on any atom is 0.224 e. The minimum Gasteiger partial charge on any atom is -0.361 e. The number of rotatable bonds is 6. The molecule has 130 valence electrons. The number of carbonyl (C=O) groups excluding carboxylic acids is 1. The highest BCUT2D eigenvalue weighted by Crippen LogP contribution is 2.26. The number of aromatic nitrogens is 1. The van der Waals surface area contributed by atoms with E-state index in [1.807, 2.05) is 6.92 Å². The number of H-pyrrole nitrogens is 1. The van der Waals surface area contributed by atoms with Gasteiger partial charge in [-0.2, -0.15) is 0 Å². The van der Waals surface area contributed by atoms with Crippen molar-refractivity contribution in [1.29, 1.82) is 0 Å². The molecule has 2 aromatic rings. The van der Waals surface area contributed by atoms with Gasteiger partial charge in [-0.1, -0.05) is 6.92 Å². The zero-order valence-electron chi connectivity index (χ0n) is 14.0. The second kappa shape index (κ2) is 6.91. The van der Waals surface area contributed by atoms with E-state index in [0.717, 1.165) is 22.9 Å². The Morgan fingerprint density at radius 2 is 2.17 bits per heavy atom. The Kier molecular flexibility index (Phi) is 4.87. The first-order valence-corrected chi connectivity index (χ1v) is 8.25. The molecule has 5 nitrogen and oxygen atoms in total. The highest BCUT2D eigenvalue weighted by Gasteiger charge is 2.32. The summed E-state index contributed by atoms with van der Waals surface area (Å²) in [6.45, 7) is 5.77. The Bertz CT molecular complexity index is 722. The third-order valence-electron chi connectivity index (χ3n) is 4.35. The van der Waals surface area contributed by atoms with Gasteiger partial charge in [-0.25, -0.2) is 4.39 Å². The number of hydrogen-bond acceptors (Lipinski definition) is 3. The van der Waals surface area contributed by atoms with Crippen LogP contribution in [0.5, 0.6) is 0 Å². The fraction of sp³-hybridized carbons (Fsp3) is 0.500. The lowest BCUT2D eigenvalue weighted by molar-refractivity contribution is -0.154. The largest absolute Gasteiger partial charge is 0.361 e. The van der Waals surface area contributed by atoms with Crippen LogP contribution in [0.2, 0.25) is 0 Å². The molecule has 0 saturated carbocycles. The first-order chi connectivity index (χ1) is 11.5. The van der Waals surface area contributed by atoms with Crippen molar-refractivity contribution in [3.8, 4) is 0 Å². The quantitative estimate of drug-likeness (QED) is 0.854. The van der Waals surface area contributed by atoms with Crippen molar-refractivity contribution in [1.82, 2.24) is 10.3 Å². The Balaban J connectivity index is 1.52. The standard InChI is InChI=1S/C18H23FN2O3/c1-12(9-18(2)23-5-6-24-18)10-21-17(22)7-13-11-20-16-4-3-14(19)8-15(13)16/h3-4,8,11-12,20H,5-7,9-10H2,1-2H3,(H,21,22)/t12-/m0/s1. The molecule has 1 aromatic carbocycles. The monoisotopic (exact) mass is 334 g/mol. The van der Waals surface area contributed by atoms with Crippen LogP contribution in [0.3, 0.4) is 0 Å². The average Bonchev–Trinajstić information content (AvgIpc) is 3.12. The van der Waals surface area contributed by atoms with Crippen LogP contribution in [0.1, 0.15) is 25.8 Å². The molecule has 1 aliphatic rings. The average molecular weight is 334 g/mol. The molecule has 0 bridgehead atoms. The van der Waals surface area contributed by atoms with Crippen LogP contribution >= 0.6 is 0 Å². The minimum atomic E-state index is -0.543. The van der Waals surface area contributed by atoms with Crippen LogP contribution in [0.25, 0.3) is 10.9 Å². The van der Waals surface area contributed by atoms with Crippen molar-refractivity contribution in [2.24, 2.45) is 5.92 Å². The summed E-state index contributed by atoms with van der Waals surface area (Å²) in [5.74, 6) is -0.691. The minimum absolute atomic E-state index is 0.0783. The summed E-state index contributed by atoms with van der Waals surface area (Å²) >= 11 is 0. The topological polar surface area (TPSA) is 63.4 Å². The van der Waals surface area contributed by atoms with E-state index >= 15 is 0 Å². The van der Waals surface area contributed by atoms with Gasteiger partial charge in [0.15, 0.2) is 5.79 Å². The van der Waals surface area contributed by atoms with Gasteiger partial charge in [-0.15, -0.1) is 0 Å². The van der Waals surface area contributed by atoms with E-state index in [1.54, 1.807) is 12.3 Å². The number of nitrogens with one attached hydrogen (secondary N) is 2. The lowest BCUT2D eigenvalue weighted by atomic mass is 10.0. The van der Waals surface area contributed by atoms with E-state index in [9.17, 15) is 9.18 Å². The van der Waals surface area contributed by atoms with Crippen LogP contribution in [0, 0.1) is 11.7 Å². The van der Waals surface area contributed by atoms with Gasteiger partial charge in [0.05, 0.1) is 19.6 Å². The maximum absolute atomic E-state index is 13.4. The van der Waals surface area contributed by atoms with Crippen molar-refractivity contribution in [3.05, 3.63) is 35.8 Å². The molecular weight excluding hydrogens is 311 g/mol. The summed E-state index contributed by atoms with van der Waals surface area (Å²) in [7, 11) is 0. The van der Waals surface area contributed by atoms with Crippen LogP contribution in [0.15, 0.2) is 24.4 Å². The van der Waals surface area contributed by atoms with Crippen LogP contribution in [0.4, 0.5) is 4.39 Å². The van der Waals surface area contributed by atoms with Gasteiger partial charge < -0.3 is 19.8 Å². The first kappa shape index (κ1) is 16.9. The van der Waals surface area contributed by atoms with Crippen LogP contribution in [-0.2, 0) is 20.7 Å². The number of fused-ring (bicyclic) bond motifs is 1. The molecule has 0 spiro atoms. The molecule has 0 aliphatic carbocycles. The number of carbonyl (C=O) groups is 1. The van der Waals surface area contributed by atoms with E-state index < -0.39 is 5.79 Å². The molecule has 0 radical (unpaired) electrons. The van der Waals surface area contributed by atoms with Gasteiger partial charge in [-0.3, -0.25) is 4.79 Å². The highest BCUT2D eigenvalue weighted by molar-refractivity contribution is 5.88. The molecule has 1 saturated heterocycles. The molecule has 6 heteroatoms. The maximum atomic E-state index is 13.4. The van der Waals surface area contributed by atoms with Gasteiger partial charge in [0.25, 0.3) is 0 Å². The number of ether oxygens (including phenoxy) is 2. The van der Waals surface area contributed by atoms with Gasteiger partial charge in [0, 0.05) is 30.1 Å². The molecule has 0 unspecified atom stereocenters. The number of hydrogen-bond donors (Lipinski definition) is 2. The molecule has 24 heavy (non-hydrogen) atoms. The van der Waals surface area contributed by atoms with E-state index in [1.165, 1.54) is 12.1 Å². The summed E-state index contributed by atoms with van der Waals surface area (Å²) in [5.41, 5.74) is 1.63. The van der Waals surface area contributed by atoms with Crippen molar-refractivity contribution >= 4 is 16.8 Å². The summed E-state index contributed by atoms with van der Waals surface area (Å²) in [6.07, 6.45) is 2.71. The smallest absolute Gasteiger partial charge is 0.224 e. The fourth-order valence-corrected chi connectivity index (χ4v) is 3.20. The predicted molar refractivity (Wildman–Crippen MR) is 89.1 cm³/mol. The van der Waals surface area contributed by atoms with Gasteiger partial charge in [-0.05, 0) is 36.6 Å². The third-order valence-corrected chi connectivity index (χ3v) is 4.35. The molecule has 2 N–H and O–H groups in total. The zero-order chi connectivity index (χ0) is 17.2. The number of amides is 1. The van der Waals surface area contributed by atoms with Crippen LogP contribution < -0.4 is 5.32 Å². The fourth-order valence-electron chi connectivity index (χ4n) is 3.20. The van der Waals surface area contributed by atoms with E-state index in [0.29, 0.717) is 19.8 Å². The van der Waals surface area contributed by atoms with Gasteiger partial charge in [0.2, 0.25) is 5.91 Å². The lowest BCUT2D eigenvalue weighted by Crippen LogP contribution is -2.34. The molecule has 1 amide bonds. The predicted octanol–water partition coefficient (Wildman–Crippen LogP) is 2.75. The lowest BCUT2D eigenvalue weighted by Gasteiger charge is -2.26. The summed E-state index contributed by atoms with van der Waals surface area (Å²) in [5, 5.41) is 3.68. The van der Waals surface area contributed by atoms with E-state index in [4.69, 9.17) is 9.47 Å². The molecule has 2 heterocycles. The van der Waals surface area contributed by atoms with Crippen LogP contribution in [-0.4, -0.2) is 36.4 Å². The summed E-state index contributed by atoms with van der Waals surface area (Å²) < 4.78 is 24.6. The Morgan fingerprint density at radius 1 is 1.42 bits per heavy atom. The Morgan fingerprint density at radius 3 is 2.92 bits per heavy atom. The number of aromatic amines is 1. The van der Waals surface area contributed by atoms with Crippen molar-refractivity contribution < 1.29 is 18.7 Å². The molecule has 1 aromatic heterocycles. The number of benzene rings is 1. The molecule has 1 aliphatic heterocycles. The van der Waals surface area contributed by atoms with Crippen molar-refractivity contribution in [3.63, 3.8) is 0 Å². The van der Waals surface area contributed by atoms with E-state index in [-0.39, 0.29) is 24.1 Å². The Hall–Kier alpha value is -1.92. The van der Waals surface area contributed by atoms with Gasteiger partial charge in [0.1, 0.15) is 5.82 Å². The molecule has 3 rings (SSSR count). The highest BCUT2D eigenvalue weighted by atomic mass is 19.1. The summed E-state index contributed by atoms with van der Waals surface area (Å²) in [4.78, 5) is 15.2. The SMILES string of the molecule is C[C@H](CNC(=O)Cc1c[nH]c2ccc(F)cc12)CC1(C)OCCO1. The second-order valence-electron chi connectivity index (χ2n) is 6.62. The number of halogens is 1. The molecular formula is C18H23FN2O3. The Labute approximate surface area is 140 Å². The third kappa shape index (κ3) is 3.94. The van der Waals surface area contributed by atoms with Gasteiger partial charge >= 0.3 is 0 Å². The first-order valence-electron chi connectivity index (χ1n) is 8.25. The molecule has 1 atom stereocenters. The van der Waals surface area contributed by atoms with Crippen molar-refractivity contribution in [2.45, 2.75) is 32.5 Å². The van der Waals surface area contributed by atoms with Crippen molar-refractivity contribution in [2.75, 3.05) is 19.8 Å². The molecule has 1 fully saturated rings. The second-order valence-corrected chi connectivity index (χ2v) is 6.62. The zero-order valence-corrected chi connectivity index (χ0v) is 14.0. The van der Waals surface area contributed by atoms with E-state index in [2.05, 4.69) is 17.2 Å². The normalized spacial score (nSPS) is 18.0. The summed E-state index contributed by atoms with van der Waals surface area (Å²) in [6, 6.07) is 4.53.